The smallest absolute Gasteiger partial charge is 0.240 e. The van der Waals surface area contributed by atoms with E-state index in [1.54, 1.807) is 6.92 Å². The van der Waals surface area contributed by atoms with Crippen molar-refractivity contribution in [3.8, 4) is 0 Å². The fraction of sp³-hybridized carbons (Fsp3) is 0.889. The zero-order valence-electron chi connectivity index (χ0n) is 9.57. The topological polar surface area (TPSA) is 83.5 Å². The molecule has 5 nitrogen and oxygen atoms in total. The van der Waals surface area contributed by atoms with Crippen LogP contribution >= 0.6 is 0 Å². The van der Waals surface area contributed by atoms with Crippen LogP contribution in [0.25, 0.3) is 0 Å². The van der Waals surface area contributed by atoms with Crippen LogP contribution < -0.4 is 5.32 Å². The van der Waals surface area contributed by atoms with Gasteiger partial charge in [-0.2, -0.15) is 0 Å². The lowest BCUT2D eigenvalue weighted by atomic mass is 10.2. The van der Waals surface area contributed by atoms with Gasteiger partial charge in [0, 0.05) is 12.8 Å². The van der Waals surface area contributed by atoms with Gasteiger partial charge in [0.05, 0.1) is 6.10 Å². The number of carbonyl (C=O) groups excluding carboxylic acids is 1. The molecule has 90 valence electrons. The number of aliphatic hydroxyl groups is 1. The van der Waals surface area contributed by atoms with Gasteiger partial charge in [-0.3, -0.25) is 4.79 Å². The highest BCUT2D eigenvalue weighted by molar-refractivity contribution is 7.92. The van der Waals surface area contributed by atoms with Gasteiger partial charge in [-0.05, 0) is 27.2 Å². The first-order chi connectivity index (χ1) is 6.59. The Morgan fingerprint density at radius 3 is 2.27 bits per heavy atom. The summed E-state index contributed by atoms with van der Waals surface area (Å²) in [5, 5.41) is 11.4. The average molecular weight is 237 g/mol. The van der Waals surface area contributed by atoms with Crippen molar-refractivity contribution in [3.63, 3.8) is 0 Å². The minimum Gasteiger partial charge on any atom is -0.393 e. The summed E-state index contributed by atoms with van der Waals surface area (Å²) in [5.41, 5.74) is 0. The Labute approximate surface area is 90.8 Å². The number of hydrogen-bond acceptors (Lipinski definition) is 4. The molecule has 1 unspecified atom stereocenters. The van der Waals surface area contributed by atoms with Crippen LogP contribution in [0.15, 0.2) is 0 Å². The molecule has 0 spiro atoms. The summed E-state index contributed by atoms with van der Waals surface area (Å²) in [6.07, 6.45) is 0.930. The highest BCUT2D eigenvalue weighted by atomic mass is 32.2. The average Bonchev–Trinajstić information content (AvgIpc) is 2.01. The lowest BCUT2D eigenvalue weighted by Crippen LogP contribution is -2.48. The molecule has 0 rings (SSSR count). The highest BCUT2D eigenvalue weighted by Crippen LogP contribution is 2.14. The molecule has 0 aromatic rings. The minimum absolute atomic E-state index is 0.273. The zero-order valence-corrected chi connectivity index (χ0v) is 10.4. The van der Waals surface area contributed by atoms with Gasteiger partial charge in [0.15, 0.2) is 9.84 Å². The number of amides is 1. The number of sulfone groups is 1. The van der Waals surface area contributed by atoms with Crippen LogP contribution in [0, 0.1) is 0 Å². The van der Waals surface area contributed by atoms with Crippen molar-refractivity contribution in [3.05, 3.63) is 0 Å². The largest absolute Gasteiger partial charge is 0.393 e. The first-order valence-electron chi connectivity index (χ1n) is 4.75. The molecule has 2 N–H and O–H groups in total. The number of nitrogens with one attached hydrogen (secondary N) is 1. The zero-order chi connectivity index (χ0) is 12.3. The van der Waals surface area contributed by atoms with Crippen molar-refractivity contribution >= 4 is 15.7 Å². The van der Waals surface area contributed by atoms with E-state index in [0.717, 1.165) is 6.26 Å². The maximum absolute atomic E-state index is 11.5. The normalized spacial score (nSPS) is 14.7. The Kier molecular flexibility index (Phi) is 4.73. The summed E-state index contributed by atoms with van der Waals surface area (Å²) >= 11 is 0. The van der Waals surface area contributed by atoms with Gasteiger partial charge in [-0.15, -0.1) is 0 Å². The first-order valence-corrected chi connectivity index (χ1v) is 6.64. The van der Waals surface area contributed by atoms with Crippen LogP contribution in [0.4, 0.5) is 0 Å². The second kappa shape index (κ2) is 4.94. The van der Waals surface area contributed by atoms with E-state index >= 15 is 0 Å². The molecular weight excluding hydrogens is 218 g/mol. The molecular formula is C9H19NO4S. The molecule has 0 fully saturated rings. The molecule has 0 aliphatic carbocycles. The van der Waals surface area contributed by atoms with E-state index in [0.29, 0.717) is 6.42 Å². The Hall–Kier alpha value is -0.620. The summed E-state index contributed by atoms with van der Waals surface area (Å²) in [4.78, 5) is 11.5. The van der Waals surface area contributed by atoms with Crippen molar-refractivity contribution in [2.75, 3.05) is 12.8 Å². The SMILES string of the molecule is CC(O)CCNC(=O)C(C)(C)S(C)(=O)=O. The molecule has 0 aliphatic rings. The first kappa shape index (κ1) is 14.4. The van der Waals surface area contributed by atoms with Crippen LogP contribution in [-0.2, 0) is 14.6 Å². The van der Waals surface area contributed by atoms with Gasteiger partial charge in [0.25, 0.3) is 0 Å². The fourth-order valence-electron chi connectivity index (χ4n) is 0.776. The quantitative estimate of drug-likeness (QED) is 0.687. The second-order valence-corrected chi connectivity index (χ2v) is 6.74. The lowest BCUT2D eigenvalue weighted by molar-refractivity contribution is -0.122. The van der Waals surface area contributed by atoms with E-state index in [1.807, 2.05) is 0 Å². The fourth-order valence-corrected chi connectivity index (χ4v) is 1.18. The van der Waals surface area contributed by atoms with E-state index in [4.69, 9.17) is 5.11 Å². The van der Waals surface area contributed by atoms with Gasteiger partial charge in [-0.25, -0.2) is 8.42 Å². The van der Waals surface area contributed by atoms with Gasteiger partial charge >= 0.3 is 0 Å². The Morgan fingerprint density at radius 1 is 1.47 bits per heavy atom. The molecule has 0 aliphatic heterocycles. The molecule has 0 saturated heterocycles. The van der Waals surface area contributed by atoms with Crippen molar-refractivity contribution in [1.29, 1.82) is 0 Å². The van der Waals surface area contributed by atoms with E-state index < -0.39 is 26.6 Å². The third-order valence-electron chi connectivity index (χ3n) is 2.32. The molecule has 0 aromatic heterocycles. The Morgan fingerprint density at radius 2 is 1.93 bits per heavy atom. The third-order valence-corrected chi connectivity index (χ3v) is 4.36. The van der Waals surface area contributed by atoms with Crippen molar-refractivity contribution < 1.29 is 18.3 Å². The monoisotopic (exact) mass is 237 g/mol. The minimum atomic E-state index is -3.43. The van der Waals surface area contributed by atoms with Crippen LogP contribution in [0.3, 0.4) is 0 Å². The Balaban J connectivity index is 4.35. The second-order valence-electron chi connectivity index (χ2n) is 4.18. The van der Waals surface area contributed by atoms with E-state index in [1.165, 1.54) is 13.8 Å². The van der Waals surface area contributed by atoms with Crippen molar-refractivity contribution in [2.45, 2.75) is 38.0 Å². The van der Waals surface area contributed by atoms with Crippen LogP contribution in [0.1, 0.15) is 27.2 Å². The van der Waals surface area contributed by atoms with Gasteiger partial charge in [0.1, 0.15) is 4.75 Å². The molecule has 6 heteroatoms. The predicted octanol–water partition coefficient (Wildman–Crippen LogP) is -0.303. The summed E-state index contributed by atoms with van der Waals surface area (Å²) in [7, 11) is -3.43. The van der Waals surface area contributed by atoms with Crippen molar-refractivity contribution in [2.24, 2.45) is 0 Å². The van der Waals surface area contributed by atoms with E-state index in [2.05, 4.69) is 5.32 Å². The maximum Gasteiger partial charge on any atom is 0.240 e. The van der Waals surface area contributed by atoms with Crippen molar-refractivity contribution in [1.82, 2.24) is 5.32 Å². The van der Waals surface area contributed by atoms with E-state index in [-0.39, 0.29) is 6.54 Å². The predicted molar refractivity (Wildman–Crippen MR) is 58.2 cm³/mol. The van der Waals surface area contributed by atoms with Crippen LogP contribution in [0.5, 0.6) is 0 Å². The third kappa shape index (κ3) is 4.17. The molecule has 0 saturated carbocycles. The molecule has 1 amide bonds. The van der Waals surface area contributed by atoms with E-state index in [9.17, 15) is 13.2 Å². The number of rotatable bonds is 5. The van der Waals surface area contributed by atoms with Gasteiger partial charge in [0.2, 0.25) is 5.91 Å². The van der Waals surface area contributed by atoms with Gasteiger partial charge < -0.3 is 10.4 Å². The number of hydrogen-bond donors (Lipinski definition) is 2. The molecule has 1 atom stereocenters. The molecule has 0 heterocycles. The molecule has 0 radical (unpaired) electrons. The summed E-state index contributed by atoms with van der Waals surface area (Å²) in [5.74, 6) is -0.536. The highest BCUT2D eigenvalue weighted by Gasteiger charge is 2.38. The van der Waals surface area contributed by atoms with Gasteiger partial charge in [-0.1, -0.05) is 0 Å². The van der Waals surface area contributed by atoms with Crippen LogP contribution in [0.2, 0.25) is 0 Å². The number of aliphatic hydroxyl groups excluding tert-OH is 1. The summed E-state index contributed by atoms with van der Waals surface area (Å²) in [6, 6.07) is 0. The number of carbonyl (C=O) groups is 1. The summed E-state index contributed by atoms with van der Waals surface area (Å²) < 4.78 is 21.1. The summed E-state index contributed by atoms with van der Waals surface area (Å²) in [6.45, 7) is 4.60. The molecule has 15 heavy (non-hydrogen) atoms. The van der Waals surface area contributed by atoms with Crippen LogP contribution in [-0.4, -0.2) is 43.1 Å². The molecule has 0 aromatic carbocycles. The standard InChI is InChI=1S/C9H19NO4S/c1-7(11)5-6-10-8(12)9(2,3)15(4,13)14/h7,11H,5-6H2,1-4H3,(H,10,12). The maximum atomic E-state index is 11.5. The lowest BCUT2D eigenvalue weighted by Gasteiger charge is -2.21. The Bertz CT molecular complexity index is 319. The molecule has 0 bridgehead atoms.